The minimum Gasteiger partial charge on any atom is -0.499 e. The van der Waals surface area contributed by atoms with Crippen molar-refractivity contribution < 1.29 is 24.2 Å². The first kappa shape index (κ1) is 16.4. The van der Waals surface area contributed by atoms with Gasteiger partial charge < -0.3 is 19.3 Å². The average molecular weight is 321 g/mol. The number of nitrogens with zero attached hydrogens (tertiary/aromatic N) is 1. The van der Waals surface area contributed by atoms with Gasteiger partial charge in [-0.05, 0) is 18.6 Å². The predicted molar refractivity (Wildman–Crippen MR) is 83.1 cm³/mol. The van der Waals surface area contributed by atoms with Crippen molar-refractivity contribution in [1.29, 1.82) is 0 Å². The van der Waals surface area contributed by atoms with E-state index in [1.54, 1.807) is 7.11 Å². The lowest BCUT2D eigenvalue weighted by Crippen LogP contribution is -2.57. The van der Waals surface area contributed by atoms with Gasteiger partial charge in [0.2, 0.25) is 0 Å². The first-order valence-electron chi connectivity index (χ1n) is 7.81. The van der Waals surface area contributed by atoms with Crippen LogP contribution in [-0.4, -0.2) is 55.0 Å². The summed E-state index contributed by atoms with van der Waals surface area (Å²) in [6, 6.07) is 9.71. The molecule has 126 valence electrons. The third-order valence-corrected chi connectivity index (χ3v) is 4.08. The van der Waals surface area contributed by atoms with Crippen molar-refractivity contribution in [3.63, 3.8) is 0 Å². The molecule has 6 nitrogen and oxygen atoms in total. The van der Waals surface area contributed by atoms with Gasteiger partial charge in [0.05, 0.1) is 26.9 Å². The SMILES string of the molecule is COC1=CCON(Cc2ccccc2)[C@H]1[C@H]1O[C@@H](C)OC[C@H]1O. The molecule has 1 N–H and O–H groups in total. The highest BCUT2D eigenvalue weighted by molar-refractivity contribution is 5.17. The Labute approximate surface area is 136 Å². The van der Waals surface area contributed by atoms with Gasteiger partial charge in [-0.15, -0.1) is 0 Å². The third-order valence-electron chi connectivity index (χ3n) is 4.08. The van der Waals surface area contributed by atoms with E-state index in [1.807, 2.05) is 48.4 Å². The molecule has 0 unspecified atom stereocenters. The smallest absolute Gasteiger partial charge is 0.155 e. The number of aliphatic hydroxyl groups excluding tert-OH is 1. The number of methoxy groups -OCH3 is 1. The zero-order valence-electron chi connectivity index (χ0n) is 13.4. The Hall–Kier alpha value is -1.44. The Morgan fingerprint density at radius 3 is 2.83 bits per heavy atom. The van der Waals surface area contributed by atoms with Crippen LogP contribution in [0.2, 0.25) is 0 Å². The van der Waals surface area contributed by atoms with Crippen molar-refractivity contribution in [2.24, 2.45) is 0 Å². The fourth-order valence-electron chi connectivity index (χ4n) is 2.96. The van der Waals surface area contributed by atoms with E-state index in [-0.39, 0.29) is 18.9 Å². The lowest BCUT2D eigenvalue weighted by Gasteiger charge is -2.43. The summed E-state index contributed by atoms with van der Waals surface area (Å²) in [6.07, 6.45) is 0.285. The summed E-state index contributed by atoms with van der Waals surface area (Å²) in [5.74, 6) is 0.741. The molecule has 4 atom stereocenters. The van der Waals surface area contributed by atoms with Gasteiger partial charge in [-0.3, -0.25) is 4.84 Å². The lowest BCUT2D eigenvalue weighted by atomic mass is 10.0. The Morgan fingerprint density at radius 1 is 1.30 bits per heavy atom. The van der Waals surface area contributed by atoms with Crippen LogP contribution in [0.15, 0.2) is 42.2 Å². The molecule has 3 rings (SSSR count). The van der Waals surface area contributed by atoms with Gasteiger partial charge in [0.25, 0.3) is 0 Å². The van der Waals surface area contributed by atoms with Crippen LogP contribution in [0.4, 0.5) is 0 Å². The second-order valence-corrected chi connectivity index (χ2v) is 5.68. The second kappa shape index (κ2) is 7.42. The minimum absolute atomic E-state index is 0.235. The van der Waals surface area contributed by atoms with Crippen LogP contribution < -0.4 is 0 Å². The Morgan fingerprint density at radius 2 is 2.09 bits per heavy atom. The number of ether oxygens (including phenoxy) is 3. The molecule has 23 heavy (non-hydrogen) atoms. The van der Waals surface area contributed by atoms with Crippen molar-refractivity contribution in [2.45, 2.75) is 38.0 Å². The predicted octanol–water partition coefficient (Wildman–Crippen LogP) is 1.45. The summed E-state index contributed by atoms with van der Waals surface area (Å²) in [5.41, 5.74) is 1.12. The molecular formula is C17H23NO5. The molecule has 0 aromatic heterocycles. The molecule has 6 heteroatoms. The molecule has 0 radical (unpaired) electrons. The zero-order valence-corrected chi connectivity index (χ0v) is 13.4. The van der Waals surface area contributed by atoms with Crippen LogP contribution in [0.25, 0.3) is 0 Å². The van der Waals surface area contributed by atoms with E-state index >= 15 is 0 Å². The van der Waals surface area contributed by atoms with Crippen molar-refractivity contribution in [3.05, 3.63) is 47.7 Å². The minimum atomic E-state index is -0.741. The van der Waals surface area contributed by atoms with Gasteiger partial charge >= 0.3 is 0 Å². The Kier molecular flexibility index (Phi) is 5.30. The van der Waals surface area contributed by atoms with Crippen LogP contribution in [0.1, 0.15) is 12.5 Å². The third kappa shape index (κ3) is 3.73. The molecule has 2 aliphatic rings. The van der Waals surface area contributed by atoms with E-state index in [4.69, 9.17) is 19.0 Å². The summed E-state index contributed by atoms with van der Waals surface area (Å²) < 4.78 is 16.7. The molecule has 1 fully saturated rings. The first-order valence-corrected chi connectivity index (χ1v) is 7.81. The van der Waals surface area contributed by atoms with Crippen molar-refractivity contribution in [2.75, 3.05) is 20.3 Å². The van der Waals surface area contributed by atoms with E-state index in [0.717, 1.165) is 11.3 Å². The lowest BCUT2D eigenvalue weighted by molar-refractivity contribution is -0.290. The van der Waals surface area contributed by atoms with E-state index in [9.17, 15) is 5.11 Å². The number of hydrogen-bond donors (Lipinski definition) is 1. The first-order chi connectivity index (χ1) is 11.2. The quantitative estimate of drug-likeness (QED) is 0.906. The summed E-state index contributed by atoms with van der Waals surface area (Å²) in [4.78, 5) is 5.81. The van der Waals surface area contributed by atoms with Crippen molar-refractivity contribution in [1.82, 2.24) is 5.06 Å². The van der Waals surface area contributed by atoms with Gasteiger partial charge in [0.15, 0.2) is 6.29 Å². The van der Waals surface area contributed by atoms with Gasteiger partial charge in [0, 0.05) is 0 Å². The summed E-state index contributed by atoms with van der Waals surface area (Å²) >= 11 is 0. The number of benzene rings is 1. The fourth-order valence-corrected chi connectivity index (χ4v) is 2.96. The number of hydrogen-bond acceptors (Lipinski definition) is 6. The van der Waals surface area contributed by atoms with E-state index in [0.29, 0.717) is 13.2 Å². The molecule has 1 aromatic carbocycles. The molecule has 2 aliphatic heterocycles. The standard InChI is InChI=1S/C17H23NO5/c1-12-21-11-14(19)17(23-12)16-15(20-2)8-9-22-18(16)10-13-6-4-3-5-7-13/h3-8,12,14,16-17,19H,9-11H2,1-2H3/t12-,14+,16+,17-/m0/s1. The molecule has 0 saturated carbocycles. The topological polar surface area (TPSA) is 60.4 Å². The van der Waals surface area contributed by atoms with Crippen LogP contribution in [0, 0.1) is 0 Å². The normalized spacial score (nSPS) is 32.4. The van der Waals surface area contributed by atoms with Crippen molar-refractivity contribution in [3.8, 4) is 0 Å². The highest BCUT2D eigenvalue weighted by Crippen LogP contribution is 2.29. The van der Waals surface area contributed by atoms with E-state index in [2.05, 4.69) is 0 Å². The fraction of sp³-hybridized carbons (Fsp3) is 0.529. The second-order valence-electron chi connectivity index (χ2n) is 5.68. The number of rotatable bonds is 4. The maximum absolute atomic E-state index is 10.3. The van der Waals surface area contributed by atoms with Crippen LogP contribution in [0.3, 0.4) is 0 Å². The molecule has 1 saturated heterocycles. The number of aliphatic hydroxyl groups is 1. The largest absolute Gasteiger partial charge is 0.499 e. The van der Waals surface area contributed by atoms with Crippen molar-refractivity contribution >= 4 is 0 Å². The van der Waals surface area contributed by atoms with Gasteiger partial charge in [-0.25, -0.2) is 0 Å². The summed E-state index contributed by atoms with van der Waals surface area (Å²) in [5, 5.41) is 12.1. The summed E-state index contributed by atoms with van der Waals surface area (Å²) in [7, 11) is 1.62. The Balaban J connectivity index is 1.83. The zero-order chi connectivity index (χ0) is 16.2. The summed E-state index contributed by atoms with van der Waals surface area (Å²) in [6.45, 7) is 3.06. The molecule has 1 aromatic rings. The molecule has 0 aliphatic carbocycles. The van der Waals surface area contributed by atoms with Gasteiger partial charge in [-0.1, -0.05) is 30.3 Å². The van der Waals surface area contributed by atoms with Gasteiger partial charge in [-0.2, -0.15) is 5.06 Å². The molecular weight excluding hydrogens is 298 g/mol. The monoisotopic (exact) mass is 321 g/mol. The van der Waals surface area contributed by atoms with Gasteiger partial charge in [0.1, 0.15) is 24.0 Å². The maximum atomic E-state index is 10.3. The van der Waals surface area contributed by atoms with Crippen LogP contribution in [-0.2, 0) is 25.6 Å². The molecule has 2 heterocycles. The number of hydroxylamine groups is 2. The molecule has 0 spiro atoms. The van der Waals surface area contributed by atoms with E-state index < -0.39 is 12.2 Å². The molecule has 0 amide bonds. The highest BCUT2D eigenvalue weighted by Gasteiger charge is 2.42. The highest BCUT2D eigenvalue weighted by atomic mass is 16.7. The average Bonchev–Trinajstić information content (AvgIpc) is 2.58. The van der Waals surface area contributed by atoms with E-state index in [1.165, 1.54) is 0 Å². The molecule has 0 bridgehead atoms. The maximum Gasteiger partial charge on any atom is 0.155 e. The van der Waals surface area contributed by atoms with Crippen LogP contribution >= 0.6 is 0 Å². The van der Waals surface area contributed by atoms with Crippen LogP contribution in [0.5, 0.6) is 0 Å². The Bertz CT molecular complexity index is 535.